The van der Waals surface area contributed by atoms with Crippen molar-refractivity contribution in [3.05, 3.63) is 54.0 Å². The molecule has 2 atom stereocenters. The zero-order valence-corrected chi connectivity index (χ0v) is 13.2. The van der Waals surface area contributed by atoms with E-state index in [-0.39, 0.29) is 18.0 Å². The summed E-state index contributed by atoms with van der Waals surface area (Å²) in [6.45, 7) is 6.05. The fourth-order valence-corrected chi connectivity index (χ4v) is 2.01. The molecule has 2 aromatic rings. The third kappa shape index (κ3) is 4.28. The van der Waals surface area contributed by atoms with Crippen molar-refractivity contribution in [1.82, 2.24) is 15.3 Å². The van der Waals surface area contributed by atoms with Gasteiger partial charge in [0.1, 0.15) is 17.8 Å². The second kappa shape index (κ2) is 7.54. The Balaban J connectivity index is 2.07. The van der Waals surface area contributed by atoms with Crippen LogP contribution in [0.4, 0.5) is 5.82 Å². The van der Waals surface area contributed by atoms with E-state index in [1.165, 1.54) is 6.33 Å². The molecule has 1 heterocycles. The number of nitrogens with one attached hydrogen (secondary N) is 2. The SMILES string of the molecule is CCC(C)NC(=O)c1cc(NC(C)c2ccccc2)ncn1. The quantitative estimate of drug-likeness (QED) is 0.859. The van der Waals surface area contributed by atoms with Gasteiger partial charge in [0.05, 0.1) is 0 Å². The van der Waals surface area contributed by atoms with E-state index < -0.39 is 0 Å². The van der Waals surface area contributed by atoms with Crippen LogP contribution in [0.5, 0.6) is 0 Å². The first kappa shape index (κ1) is 15.9. The molecular weight excluding hydrogens is 276 g/mol. The third-order valence-corrected chi connectivity index (χ3v) is 3.55. The second-order valence-corrected chi connectivity index (χ2v) is 5.35. The molecule has 0 saturated carbocycles. The Morgan fingerprint density at radius 1 is 1.18 bits per heavy atom. The molecule has 0 saturated heterocycles. The Labute approximate surface area is 131 Å². The molecule has 0 bridgehead atoms. The predicted octanol–water partition coefficient (Wildman–Crippen LogP) is 3.18. The van der Waals surface area contributed by atoms with Crippen LogP contribution in [0.2, 0.25) is 0 Å². The van der Waals surface area contributed by atoms with Gasteiger partial charge in [0.25, 0.3) is 5.91 Å². The maximum absolute atomic E-state index is 12.1. The van der Waals surface area contributed by atoms with Crippen LogP contribution in [0, 0.1) is 0 Å². The molecule has 0 aliphatic rings. The Kier molecular flexibility index (Phi) is 5.47. The molecule has 2 unspecified atom stereocenters. The number of hydrogen-bond donors (Lipinski definition) is 2. The number of rotatable bonds is 6. The Bertz CT molecular complexity index is 615. The Hall–Kier alpha value is -2.43. The first-order chi connectivity index (χ1) is 10.6. The molecule has 1 amide bonds. The molecule has 0 aliphatic carbocycles. The van der Waals surface area contributed by atoms with Crippen molar-refractivity contribution in [2.75, 3.05) is 5.32 Å². The number of aromatic nitrogens is 2. The van der Waals surface area contributed by atoms with Crippen molar-refractivity contribution in [1.29, 1.82) is 0 Å². The van der Waals surface area contributed by atoms with E-state index in [0.717, 1.165) is 12.0 Å². The number of carbonyl (C=O) groups excluding carboxylic acids is 1. The standard InChI is InChI=1S/C17H22N4O/c1-4-12(2)20-17(22)15-10-16(19-11-18-15)21-13(3)14-8-6-5-7-9-14/h5-13H,4H2,1-3H3,(H,20,22)(H,18,19,21). The van der Waals surface area contributed by atoms with Crippen molar-refractivity contribution in [3.63, 3.8) is 0 Å². The first-order valence-electron chi connectivity index (χ1n) is 7.54. The summed E-state index contributed by atoms with van der Waals surface area (Å²) in [5.74, 6) is 0.466. The smallest absolute Gasteiger partial charge is 0.270 e. The summed E-state index contributed by atoms with van der Waals surface area (Å²) in [4.78, 5) is 20.3. The van der Waals surface area contributed by atoms with Crippen molar-refractivity contribution in [2.45, 2.75) is 39.3 Å². The minimum atomic E-state index is -0.174. The van der Waals surface area contributed by atoms with Gasteiger partial charge in [0.15, 0.2) is 0 Å². The van der Waals surface area contributed by atoms with Crippen molar-refractivity contribution in [2.24, 2.45) is 0 Å². The van der Waals surface area contributed by atoms with Gasteiger partial charge < -0.3 is 10.6 Å². The maximum Gasteiger partial charge on any atom is 0.270 e. The summed E-state index contributed by atoms with van der Waals surface area (Å²) < 4.78 is 0. The largest absolute Gasteiger partial charge is 0.363 e. The molecule has 5 nitrogen and oxygen atoms in total. The normalized spacial score (nSPS) is 13.2. The van der Waals surface area contributed by atoms with Crippen LogP contribution in [0.1, 0.15) is 49.3 Å². The highest BCUT2D eigenvalue weighted by Crippen LogP contribution is 2.17. The second-order valence-electron chi connectivity index (χ2n) is 5.35. The van der Waals surface area contributed by atoms with E-state index in [2.05, 4.69) is 39.7 Å². The van der Waals surface area contributed by atoms with E-state index in [1.807, 2.05) is 32.0 Å². The maximum atomic E-state index is 12.1. The lowest BCUT2D eigenvalue weighted by molar-refractivity contribution is 0.0934. The average molecular weight is 298 g/mol. The minimum Gasteiger partial charge on any atom is -0.363 e. The molecule has 22 heavy (non-hydrogen) atoms. The van der Waals surface area contributed by atoms with Gasteiger partial charge in [-0.3, -0.25) is 4.79 Å². The summed E-state index contributed by atoms with van der Waals surface area (Å²) in [6.07, 6.45) is 2.29. The summed E-state index contributed by atoms with van der Waals surface area (Å²) in [7, 11) is 0. The van der Waals surface area contributed by atoms with Gasteiger partial charge in [-0.15, -0.1) is 0 Å². The monoisotopic (exact) mass is 298 g/mol. The number of benzene rings is 1. The van der Waals surface area contributed by atoms with Gasteiger partial charge in [0, 0.05) is 18.2 Å². The lowest BCUT2D eigenvalue weighted by Gasteiger charge is -2.15. The van der Waals surface area contributed by atoms with E-state index in [9.17, 15) is 4.79 Å². The first-order valence-corrected chi connectivity index (χ1v) is 7.54. The molecule has 2 N–H and O–H groups in total. The van der Waals surface area contributed by atoms with Gasteiger partial charge in [0.2, 0.25) is 0 Å². The van der Waals surface area contributed by atoms with Gasteiger partial charge >= 0.3 is 0 Å². The van der Waals surface area contributed by atoms with Gasteiger partial charge in [-0.05, 0) is 25.8 Å². The van der Waals surface area contributed by atoms with E-state index >= 15 is 0 Å². The lowest BCUT2D eigenvalue weighted by Crippen LogP contribution is -2.32. The molecular formula is C17H22N4O. The van der Waals surface area contributed by atoms with Crippen LogP contribution in [-0.2, 0) is 0 Å². The highest BCUT2D eigenvalue weighted by Gasteiger charge is 2.12. The third-order valence-electron chi connectivity index (χ3n) is 3.55. The zero-order valence-electron chi connectivity index (χ0n) is 13.2. The fraction of sp³-hybridized carbons (Fsp3) is 0.353. The Morgan fingerprint density at radius 2 is 1.91 bits per heavy atom. The fourth-order valence-electron chi connectivity index (χ4n) is 2.01. The average Bonchev–Trinajstić information content (AvgIpc) is 2.55. The van der Waals surface area contributed by atoms with Gasteiger partial charge in [-0.25, -0.2) is 9.97 Å². The number of hydrogen-bond acceptors (Lipinski definition) is 4. The molecule has 0 radical (unpaired) electrons. The topological polar surface area (TPSA) is 66.9 Å². The van der Waals surface area contributed by atoms with E-state index in [0.29, 0.717) is 11.5 Å². The van der Waals surface area contributed by atoms with Crippen molar-refractivity contribution < 1.29 is 4.79 Å². The van der Waals surface area contributed by atoms with Crippen LogP contribution in [-0.4, -0.2) is 21.9 Å². The van der Waals surface area contributed by atoms with Crippen LogP contribution in [0.3, 0.4) is 0 Å². The molecule has 116 valence electrons. The molecule has 2 rings (SSSR count). The van der Waals surface area contributed by atoms with Gasteiger partial charge in [-0.1, -0.05) is 37.3 Å². The number of nitrogens with zero attached hydrogens (tertiary/aromatic N) is 2. The molecule has 5 heteroatoms. The van der Waals surface area contributed by atoms with E-state index in [1.54, 1.807) is 6.07 Å². The van der Waals surface area contributed by atoms with Crippen LogP contribution in [0.15, 0.2) is 42.7 Å². The zero-order chi connectivity index (χ0) is 15.9. The molecule has 0 spiro atoms. The van der Waals surface area contributed by atoms with Crippen molar-refractivity contribution in [3.8, 4) is 0 Å². The van der Waals surface area contributed by atoms with Crippen molar-refractivity contribution >= 4 is 11.7 Å². The number of amides is 1. The minimum absolute atomic E-state index is 0.0987. The lowest BCUT2D eigenvalue weighted by atomic mass is 10.1. The van der Waals surface area contributed by atoms with Crippen LogP contribution in [0.25, 0.3) is 0 Å². The number of carbonyl (C=O) groups is 1. The molecule has 1 aromatic heterocycles. The van der Waals surface area contributed by atoms with E-state index in [4.69, 9.17) is 0 Å². The summed E-state index contributed by atoms with van der Waals surface area (Å²) >= 11 is 0. The molecule has 0 fully saturated rings. The highest BCUT2D eigenvalue weighted by atomic mass is 16.1. The predicted molar refractivity (Wildman–Crippen MR) is 87.7 cm³/mol. The molecule has 0 aliphatic heterocycles. The summed E-state index contributed by atoms with van der Waals surface area (Å²) in [5.41, 5.74) is 1.53. The Morgan fingerprint density at radius 3 is 2.59 bits per heavy atom. The summed E-state index contributed by atoms with van der Waals surface area (Å²) in [6, 6.07) is 12.0. The number of anilines is 1. The molecule has 1 aromatic carbocycles. The van der Waals surface area contributed by atoms with Crippen LogP contribution >= 0.6 is 0 Å². The van der Waals surface area contributed by atoms with Gasteiger partial charge in [-0.2, -0.15) is 0 Å². The van der Waals surface area contributed by atoms with Crippen LogP contribution < -0.4 is 10.6 Å². The summed E-state index contributed by atoms with van der Waals surface area (Å²) in [5, 5.41) is 6.19. The highest BCUT2D eigenvalue weighted by molar-refractivity contribution is 5.93.